The third-order valence-corrected chi connectivity index (χ3v) is 11.9. The number of unbranched alkanes of at least 4 members (excludes halogenated alkanes) is 24. The summed E-state index contributed by atoms with van der Waals surface area (Å²) in [7, 11) is 0.958. The van der Waals surface area contributed by atoms with E-state index in [9.17, 15) is 23.8 Å². The third kappa shape index (κ3) is 44.9. The number of nitrogens with zero attached hydrogens (tertiary/aromatic N) is 1. The SMILES string of the molecule is CCCCCCCC/C=C\CCCCCCCC(=O)OC[C@H](COP(=O)(O)OC(COC(=O)CCCCC)C[N+](C)(C)C)OC(=O)CCCCCCC/C=C\CCCCCCCC. The lowest BCUT2D eigenvalue weighted by atomic mass is 10.1. The summed E-state index contributed by atoms with van der Waals surface area (Å²) in [4.78, 5) is 48.6. The van der Waals surface area contributed by atoms with Gasteiger partial charge in [0, 0.05) is 19.3 Å². The van der Waals surface area contributed by atoms with Gasteiger partial charge in [-0.1, -0.05) is 161 Å². The lowest BCUT2D eigenvalue weighted by Crippen LogP contribution is -2.44. The highest BCUT2D eigenvalue weighted by molar-refractivity contribution is 7.47. The summed E-state index contributed by atoms with van der Waals surface area (Å²) in [5.74, 6) is -1.30. The molecule has 0 heterocycles. The lowest BCUT2D eigenvalue weighted by molar-refractivity contribution is -0.873. The van der Waals surface area contributed by atoms with Crippen LogP contribution in [0.2, 0.25) is 0 Å². The van der Waals surface area contributed by atoms with Gasteiger partial charge in [0.15, 0.2) is 12.2 Å². The van der Waals surface area contributed by atoms with Crippen molar-refractivity contribution < 1.29 is 51.6 Å². The van der Waals surface area contributed by atoms with Crippen molar-refractivity contribution in [1.29, 1.82) is 0 Å². The summed E-state index contributed by atoms with van der Waals surface area (Å²) < 4.78 is 40.9. The van der Waals surface area contributed by atoms with Crippen LogP contribution in [0.1, 0.15) is 226 Å². The maximum atomic E-state index is 13.2. The zero-order valence-corrected chi connectivity index (χ0v) is 42.3. The molecular weight excluding hydrogens is 818 g/mol. The molecule has 63 heavy (non-hydrogen) atoms. The van der Waals surface area contributed by atoms with Crippen molar-refractivity contribution in [3.05, 3.63) is 24.3 Å². The average molecular weight is 915 g/mol. The molecule has 1 N–H and O–H groups in total. The number of likely N-dealkylation sites (N-methyl/N-ethyl adjacent to an activating group) is 1. The van der Waals surface area contributed by atoms with E-state index in [4.69, 9.17) is 23.3 Å². The second-order valence-electron chi connectivity index (χ2n) is 18.6. The number of ether oxygens (including phenoxy) is 3. The fraction of sp³-hybridized carbons (Fsp3) is 0.863. The van der Waals surface area contributed by atoms with Crippen LogP contribution in [0, 0.1) is 0 Å². The highest BCUT2D eigenvalue weighted by Gasteiger charge is 2.33. The first-order chi connectivity index (χ1) is 30.3. The smallest absolute Gasteiger partial charge is 0.463 e. The topological polar surface area (TPSA) is 135 Å². The molecule has 0 aliphatic carbocycles. The number of phosphoric acid groups is 1. The largest absolute Gasteiger partial charge is 0.472 e. The highest BCUT2D eigenvalue weighted by atomic mass is 31.2. The Morgan fingerprint density at radius 2 is 0.810 bits per heavy atom. The summed E-state index contributed by atoms with van der Waals surface area (Å²) in [6, 6.07) is 0. The Morgan fingerprint density at radius 3 is 1.22 bits per heavy atom. The molecule has 0 aliphatic heterocycles. The van der Waals surface area contributed by atoms with Crippen molar-refractivity contribution in [2.75, 3.05) is 47.5 Å². The van der Waals surface area contributed by atoms with Gasteiger partial charge >= 0.3 is 25.7 Å². The van der Waals surface area contributed by atoms with Crippen molar-refractivity contribution in [3.63, 3.8) is 0 Å². The summed E-state index contributed by atoms with van der Waals surface area (Å²) >= 11 is 0. The quantitative estimate of drug-likeness (QED) is 0.0157. The van der Waals surface area contributed by atoms with Crippen molar-refractivity contribution in [2.45, 2.75) is 238 Å². The molecule has 0 aromatic rings. The van der Waals surface area contributed by atoms with Gasteiger partial charge in [-0.2, -0.15) is 0 Å². The Kier molecular flexibility index (Phi) is 41.2. The van der Waals surface area contributed by atoms with Gasteiger partial charge in [-0.05, 0) is 70.6 Å². The number of carbonyl (C=O) groups is 3. The minimum atomic E-state index is -4.71. The second-order valence-corrected chi connectivity index (χ2v) is 20.0. The Bertz CT molecular complexity index is 1200. The van der Waals surface area contributed by atoms with Gasteiger partial charge in [-0.15, -0.1) is 0 Å². The summed E-state index contributed by atoms with van der Waals surface area (Å²) in [6.45, 7) is 5.77. The van der Waals surface area contributed by atoms with E-state index in [0.717, 1.165) is 83.5 Å². The van der Waals surface area contributed by atoms with E-state index < -0.39 is 44.5 Å². The van der Waals surface area contributed by atoms with E-state index in [2.05, 4.69) is 38.2 Å². The van der Waals surface area contributed by atoms with E-state index in [-0.39, 0.29) is 39.0 Å². The molecule has 12 heteroatoms. The monoisotopic (exact) mass is 915 g/mol. The Hall–Kier alpha value is -2.04. The first kappa shape index (κ1) is 61.0. The zero-order chi connectivity index (χ0) is 46.7. The Balaban J connectivity index is 4.92. The van der Waals surface area contributed by atoms with Crippen LogP contribution >= 0.6 is 7.82 Å². The van der Waals surface area contributed by atoms with Gasteiger partial charge in [0.05, 0.1) is 27.7 Å². The molecule has 0 bridgehead atoms. The van der Waals surface area contributed by atoms with Crippen molar-refractivity contribution in [1.82, 2.24) is 0 Å². The lowest BCUT2D eigenvalue weighted by Gasteiger charge is -2.29. The summed E-state index contributed by atoms with van der Waals surface area (Å²) in [5.41, 5.74) is 0. The maximum Gasteiger partial charge on any atom is 0.472 e. The second kappa shape index (κ2) is 42.6. The normalized spacial score (nSPS) is 14.0. The summed E-state index contributed by atoms with van der Waals surface area (Å²) in [5, 5.41) is 0. The number of hydrogen-bond acceptors (Lipinski definition) is 9. The minimum Gasteiger partial charge on any atom is -0.463 e. The van der Waals surface area contributed by atoms with Gasteiger partial charge in [0.25, 0.3) is 0 Å². The zero-order valence-electron chi connectivity index (χ0n) is 41.4. The number of quaternary nitrogens is 1. The van der Waals surface area contributed by atoms with Crippen molar-refractivity contribution in [2.24, 2.45) is 0 Å². The number of hydrogen-bond donors (Lipinski definition) is 1. The first-order valence-electron chi connectivity index (χ1n) is 25.6. The third-order valence-electron chi connectivity index (χ3n) is 10.9. The Morgan fingerprint density at radius 1 is 0.476 bits per heavy atom. The number of esters is 3. The van der Waals surface area contributed by atoms with Crippen LogP contribution in [0.25, 0.3) is 0 Å². The molecule has 11 nitrogen and oxygen atoms in total. The van der Waals surface area contributed by atoms with E-state index in [0.29, 0.717) is 23.7 Å². The van der Waals surface area contributed by atoms with Crippen LogP contribution in [-0.4, -0.2) is 87.0 Å². The number of carbonyl (C=O) groups excluding carboxylic acids is 3. The molecule has 2 unspecified atom stereocenters. The van der Waals surface area contributed by atoms with Gasteiger partial charge in [0.2, 0.25) is 0 Å². The predicted octanol–water partition coefficient (Wildman–Crippen LogP) is 13.8. The fourth-order valence-corrected chi connectivity index (χ4v) is 8.12. The molecule has 0 saturated carbocycles. The van der Waals surface area contributed by atoms with E-state index in [1.807, 2.05) is 28.1 Å². The molecule has 0 fully saturated rings. The molecule has 0 aromatic heterocycles. The van der Waals surface area contributed by atoms with Crippen LogP contribution in [0.15, 0.2) is 24.3 Å². The van der Waals surface area contributed by atoms with Gasteiger partial charge < -0.3 is 23.6 Å². The molecule has 0 saturated heterocycles. The average Bonchev–Trinajstić information content (AvgIpc) is 3.23. The number of allylic oxidation sites excluding steroid dienone is 4. The molecule has 0 radical (unpaired) electrons. The van der Waals surface area contributed by atoms with Crippen LogP contribution in [0.4, 0.5) is 0 Å². The van der Waals surface area contributed by atoms with E-state index >= 15 is 0 Å². The molecule has 0 rings (SSSR count). The molecule has 0 aromatic carbocycles. The summed E-state index contributed by atoms with van der Waals surface area (Å²) in [6.07, 6.45) is 40.5. The van der Waals surface area contributed by atoms with Gasteiger partial charge in [0.1, 0.15) is 19.8 Å². The highest BCUT2D eigenvalue weighted by Crippen LogP contribution is 2.45. The predicted molar refractivity (Wildman–Crippen MR) is 258 cm³/mol. The molecule has 0 aliphatic rings. The molecule has 370 valence electrons. The van der Waals surface area contributed by atoms with Crippen LogP contribution in [0.5, 0.6) is 0 Å². The number of phosphoric ester groups is 1. The maximum absolute atomic E-state index is 13.2. The standard InChI is InChI=1S/C51H96NO10P/c1-7-10-13-15-17-19-21-23-25-27-29-31-33-35-38-41-50(54)59-45-48(61-51(55)42-39-36-34-32-30-28-26-24-22-20-18-16-14-11-8-2)46-60-63(56,57)62-47(43-52(4,5)6)44-58-49(53)40-37-12-9-3/h23-26,47-48H,7-22,27-46H2,1-6H3/p+1/b25-23-,26-24-/t47?,48-/m1/s1. The Labute approximate surface area is 386 Å². The van der Waals surface area contributed by atoms with E-state index in [1.165, 1.54) is 83.5 Å². The van der Waals surface area contributed by atoms with Gasteiger partial charge in [-0.3, -0.25) is 23.4 Å². The molecular formula is C51H97NO10P+. The van der Waals surface area contributed by atoms with Crippen molar-refractivity contribution in [3.8, 4) is 0 Å². The van der Waals surface area contributed by atoms with Crippen LogP contribution in [-0.2, 0) is 42.2 Å². The van der Waals surface area contributed by atoms with Gasteiger partial charge in [-0.25, -0.2) is 4.57 Å². The van der Waals surface area contributed by atoms with E-state index in [1.54, 1.807) is 0 Å². The number of rotatable bonds is 46. The van der Waals surface area contributed by atoms with Crippen LogP contribution < -0.4 is 0 Å². The fourth-order valence-electron chi connectivity index (χ4n) is 7.20. The molecule has 0 spiro atoms. The first-order valence-corrected chi connectivity index (χ1v) is 27.1. The minimum absolute atomic E-state index is 0.181. The van der Waals surface area contributed by atoms with Crippen molar-refractivity contribution >= 4 is 25.7 Å². The van der Waals surface area contributed by atoms with Crippen LogP contribution in [0.3, 0.4) is 0 Å². The molecule has 0 amide bonds. The molecule has 3 atom stereocenters.